The third-order valence-electron chi connectivity index (χ3n) is 1.52. The van der Waals surface area contributed by atoms with Crippen molar-refractivity contribution >= 4 is 22.8 Å². The Morgan fingerprint density at radius 2 is 2.21 bits per heavy atom. The molecule has 0 amide bonds. The van der Waals surface area contributed by atoms with Crippen molar-refractivity contribution in [3.05, 3.63) is 17.0 Å². The van der Waals surface area contributed by atoms with E-state index in [-0.39, 0.29) is 23.6 Å². The van der Waals surface area contributed by atoms with E-state index in [1.54, 1.807) is 6.92 Å². The van der Waals surface area contributed by atoms with Crippen LogP contribution in [0.15, 0.2) is 4.52 Å². The molecule has 0 aromatic carbocycles. The minimum absolute atomic E-state index is 0.00755. The van der Waals surface area contributed by atoms with Gasteiger partial charge in [-0.3, -0.25) is 4.79 Å². The van der Waals surface area contributed by atoms with Gasteiger partial charge in [0.05, 0.1) is 12.3 Å². The molecule has 1 aromatic rings. The maximum Gasteiger partial charge on any atom is 0.344 e. The van der Waals surface area contributed by atoms with E-state index in [1.165, 1.54) is 6.92 Å². The van der Waals surface area contributed by atoms with Crippen molar-refractivity contribution in [3.8, 4) is 0 Å². The molecule has 1 heterocycles. The predicted octanol–water partition coefficient (Wildman–Crippen LogP) is 1.54. The van der Waals surface area contributed by atoms with Gasteiger partial charge < -0.3 is 9.26 Å². The lowest BCUT2D eigenvalue weighted by Gasteiger charge is -1.99. The molecule has 0 saturated heterocycles. The van der Waals surface area contributed by atoms with Gasteiger partial charge in [0.1, 0.15) is 5.56 Å². The summed E-state index contributed by atoms with van der Waals surface area (Å²) in [6.07, 6.45) is 0. The van der Waals surface area contributed by atoms with Crippen LogP contribution in [-0.4, -0.2) is 23.0 Å². The van der Waals surface area contributed by atoms with Crippen LogP contribution in [0.25, 0.3) is 0 Å². The Bertz CT molecular complexity index is 371. The molecule has 0 aliphatic heterocycles. The fraction of sp³-hybridized carbons (Fsp3) is 0.375. The molecule has 0 radical (unpaired) electrons. The highest BCUT2D eigenvalue weighted by Crippen LogP contribution is 2.16. The van der Waals surface area contributed by atoms with Crippen molar-refractivity contribution in [2.24, 2.45) is 0 Å². The monoisotopic (exact) mass is 217 g/mol. The molecular formula is C8H8ClNO4. The summed E-state index contributed by atoms with van der Waals surface area (Å²) in [5.74, 6) is -0.933. The van der Waals surface area contributed by atoms with Gasteiger partial charge >= 0.3 is 5.97 Å². The van der Waals surface area contributed by atoms with Crippen LogP contribution in [0.5, 0.6) is 0 Å². The van der Waals surface area contributed by atoms with Gasteiger partial charge in [0.25, 0.3) is 5.24 Å². The summed E-state index contributed by atoms with van der Waals surface area (Å²) in [4.78, 5) is 22.1. The summed E-state index contributed by atoms with van der Waals surface area (Å²) in [5, 5.41) is 2.59. The van der Waals surface area contributed by atoms with E-state index >= 15 is 0 Å². The van der Waals surface area contributed by atoms with Crippen LogP contribution in [0.4, 0.5) is 0 Å². The van der Waals surface area contributed by atoms with E-state index in [4.69, 9.17) is 16.3 Å². The van der Waals surface area contributed by atoms with Crippen molar-refractivity contribution in [2.75, 3.05) is 6.61 Å². The SMILES string of the molecule is CCOC(=O)c1c(C)noc1C(=O)Cl. The Labute approximate surface area is 85.0 Å². The van der Waals surface area contributed by atoms with Crippen LogP contribution in [0, 0.1) is 6.92 Å². The second-order valence-electron chi connectivity index (χ2n) is 2.47. The van der Waals surface area contributed by atoms with Gasteiger partial charge in [0.15, 0.2) is 0 Å². The van der Waals surface area contributed by atoms with Crippen LogP contribution >= 0.6 is 11.6 Å². The average Bonchev–Trinajstić information content (AvgIpc) is 2.47. The third kappa shape index (κ3) is 1.93. The quantitative estimate of drug-likeness (QED) is 0.567. The lowest BCUT2D eigenvalue weighted by molar-refractivity contribution is 0.0521. The van der Waals surface area contributed by atoms with Gasteiger partial charge in [-0.15, -0.1) is 0 Å². The smallest absolute Gasteiger partial charge is 0.344 e. The molecule has 5 nitrogen and oxygen atoms in total. The van der Waals surface area contributed by atoms with Gasteiger partial charge in [-0.25, -0.2) is 4.79 Å². The molecule has 0 unspecified atom stereocenters. The lowest BCUT2D eigenvalue weighted by atomic mass is 10.2. The molecule has 76 valence electrons. The Hall–Kier alpha value is -1.36. The minimum atomic E-state index is -0.867. The number of ether oxygens (including phenoxy) is 1. The Balaban J connectivity index is 3.11. The van der Waals surface area contributed by atoms with Gasteiger partial charge in [-0.1, -0.05) is 5.16 Å². The van der Waals surface area contributed by atoms with Crippen LogP contribution in [0.1, 0.15) is 33.5 Å². The van der Waals surface area contributed by atoms with E-state index in [9.17, 15) is 9.59 Å². The highest BCUT2D eigenvalue weighted by Gasteiger charge is 2.25. The van der Waals surface area contributed by atoms with Crippen molar-refractivity contribution in [1.29, 1.82) is 0 Å². The molecule has 1 rings (SSSR count). The Morgan fingerprint density at radius 3 is 2.71 bits per heavy atom. The first-order valence-corrected chi connectivity index (χ1v) is 4.29. The average molecular weight is 218 g/mol. The van der Waals surface area contributed by atoms with Gasteiger partial charge in [-0.05, 0) is 25.4 Å². The third-order valence-corrected chi connectivity index (χ3v) is 1.69. The second-order valence-corrected chi connectivity index (χ2v) is 2.81. The van der Waals surface area contributed by atoms with E-state index in [0.717, 1.165) is 0 Å². The zero-order chi connectivity index (χ0) is 10.7. The number of carbonyl (C=O) groups is 2. The molecule has 0 N–H and O–H groups in total. The molecule has 1 aromatic heterocycles. The maximum absolute atomic E-state index is 11.3. The number of rotatable bonds is 3. The molecule has 0 atom stereocenters. The highest BCUT2D eigenvalue weighted by molar-refractivity contribution is 6.67. The van der Waals surface area contributed by atoms with Crippen molar-refractivity contribution in [2.45, 2.75) is 13.8 Å². The highest BCUT2D eigenvalue weighted by atomic mass is 35.5. The van der Waals surface area contributed by atoms with Gasteiger partial charge in [0, 0.05) is 0 Å². The van der Waals surface area contributed by atoms with Crippen LogP contribution in [0.2, 0.25) is 0 Å². The zero-order valence-corrected chi connectivity index (χ0v) is 8.42. The Kier molecular flexibility index (Phi) is 3.24. The lowest BCUT2D eigenvalue weighted by Crippen LogP contribution is -2.08. The largest absolute Gasteiger partial charge is 0.462 e. The zero-order valence-electron chi connectivity index (χ0n) is 7.67. The van der Waals surface area contributed by atoms with Gasteiger partial charge in [-0.2, -0.15) is 0 Å². The van der Waals surface area contributed by atoms with E-state index in [0.29, 0.717) is 0 Å². The molecule has 0 aliphatic rings. The number of hydrogen-bond acceptors (Lipinski definition) is 5. The number of hydrogen-bond donors (Lipinski definition) is 0. The first-order chi connectivity index (χ1) is 6.57. The number of esters is 1. The molecule has 0 aliphatic carbocycles. The molecule has 0 spiro atoms. The summed E-state index contributed by atoms with van der Waals surface area (Å²) in [7, 11) is 0. The maximum atomic E-state index is 11.3. The summed E-state index contributed by atoms with van der Waals surface area (Å²) < 4.78 is 9.30. The standard InChI is InChI=1S/C8H8ClNO4/c1-3-13-8(12)5-4(2)10-14-6(5)7(9)11/h3H2,1-2H3. The molecule has 0 bridgehead atoms. The normalized spacial score (nSPS) is 9.93. The molecule has 0 saturated carbocycles. The van der Waals surface area contributed by atoms with Crippen LogP contribution in [0.3, 0.4) is 0 Å². The van der Waals surface area contributed by atoms with E-state index in [2.05, 4.69) is 9.68 Å². The van der Waals surface area contributed by atoms with E-state index < -0.39 is 11.2 Å². The number of aryl methyl sites for hydroxylation is 1. The Morgan fingerprint density at radius 1 is 1.57 bits per heavy atom. The number of aromatic nitrogens is 1. The minimum Gasteiger partial charge on any atom is -0.462 e. The summed E-state index contributed by atoms with van der Waals surface area (Å²) >= 11 is 5.19. The number of carbonyl (C=O) groups excluding carboxylic acids is 2. The molecule has 0 fully saturated rings. The second kappa shape index (κ2) is 4.23. The summed E-state index contributed by atoms with van der Waals surface area (Å²) in [5.41, 5.74) is 0.277. The topological polar surface area (TPSA) is 69.4 Å². The fourth-order valence-corrected chi connectivity index (χ4v) is 1.08. The molecular weight excluding hydrogens is 210 g/mol. The summed E-state index contributed by atoms with van der Waals surface area (Å²) in [6, 6.07) is 0. The van der Waals surface area contributed by atoms with Gasteiger partial charge in [0.2, 0.25) is 5.76 Å². The van der Waals surface area contributed by atoms with E-state index in [1.807, 2.05) is 0 Å². The molecule has 6 heteroatoms. The van der Waals surface area contributed by atoms with Crippen molar-refractivity contribution in [1.82, 2.24) is 5.16 Å². The number of halogens is 1. The predicted molar refractivity (Wildman–Crippen MR) is 47.4 cm³/mol. The number of nitrogens with zero attached hydrogens (tertiary/aromatic N) is 1. The van der Waals surface area contributed by atoms with Crippen LogP contribution in [-0.2, 0) is 4.74 Å². The fourth-order valence-electron chi connectivity index (χ4n) is 0.948. The molecule has 14 heavy (non-hydrogen) atoms. The summed E-state index contributed by atoms with van der Waals surface area (Å²) in [6.45, 7) is 3.39. The van der Waals surface area contributed by atoms with Crippen molar-refractivity contribution < 1.29 is 18.8 Å². The van der Waals surface area contributed by atoms with Crippen molar-refractivity contribution in [3.63, 3.8) is 0 Å². The first kappa shape index (κ1) is 10.7. The first-order valence-electron chi connectivity index (χ1n) is 3.91. The van der Waals surface area contributed by atoms with Crippen LogP contribution < -0.4 is 0 Å².